The summed E-state index contributed by atoms with van der Waals surface area (Å²) in [7, 11) is 2.09. The summed E-state index contributed by atoms with van der Waals surface area (Å²) in [6.07, 6.45) is 1.68. The number of amides is 1. The first-order valence-electron chi connectivity index (χ1n) is 6.27. The van der Waals surface area contributed by atoms with Gasteiger partial charge < -0.3 is 15.5 Å². The van der Waals surface area contributed by atoms with Crippen LogP contribution >= 0.6 is 0 Å². The fourth-order valence-corrected chi connectivity index (χ4v) is 2.27. The van der Waals surface area contributed by atoms with Crippen molar-refractivity contribution in [2.75, 3.05) is 39.8 Å². The van der Waals surface area contributed by atoms with Gasteiger partial charge in [0.25, 0.3) is 0 Å². The van der Waals surface area contributed by atoms with E-state index in [2.05, 4.69) is 25.8 Å². The Kier molecular flexibility index (Phi) is 4.74. The van der Waals surface area contributed by atoms with Gasteiger partial charge in [0.1, 0.15) is 0 Å². The smallest absolute Gasteiger partial charge is 0.230 e. The number of carbonyl (C=O) groups excluding carboxylic acids is 1. The molecule has 1 saturated heterocycles. The van der Waals surface area contributed by atoms with Gasteiger partial charge >= 0.3 is 0 Å². The molecule has 1 aliphatic heterocycles. The van der Waals surface area contributed by atoms with Gasteiger partial charge in [0.15, 0.2) is 0 Å². The molecule has 0 atom stereocenters. The van der Waals surface area contributed by atoms with Crippen LogP contribution in [0.1, 0.15) is 26.7 Å². The standard InChI is InChI=1S/C12H25N3O/c1-4-12(5-2,10-13)11(16)15-8-6-14(3)7-9-15/h4-10,13H2,1-3H3. The van der Waals surface area contributed by atoms with E-state index in [1.165, 1.54) is 0 Å². The van der Waals surface area contributed by atoms with Gasteiger partial charge in [-0.1, -0.05) is 13.8 Å². The van der Waals surface area contributed by atoms with Crippen LogP contribution in [-0.4, -0.2) is 55.5 Å². The summed E-state index contributed by atoms with van der Waals surface area (Å²) in [4.78, 5) is 16.7. The van der Waals surface area contributed by atoms with E-state index in [9.17, 15) is 4.79 Å². The van der Waals surface area contributed by atoms with E-state index in [4.69, 9.17) is 5.73 Å². The van der Waals surface area contributed by atoms with Crippen molar-refractivity contribution in [2.24, 2.45) is 11.1 Å². The Labute approximate surface area is 98.8 Å². The number of hydrogen-bond donors (Lipinski definition) is 1. The van der Waals surface area contributed by atoms with Crippen LogP contribution < -0.4 is 5.73 Å². The summed E-state index contributed by atoms with van der Waals surface area (Å²) in [5, 5.41) is 0. The molecule has 1 rings (SSSR count). The molecule has 0 aromatic heterocycles. The van der Waals surface area contributed by atoms with Crippen molar-refractivity contribution in [2.45, 2.75) is 26.7 Å². The second kappa shape index (κ2) is 5.64. The van der Waals surface area contributed by atoms with Gasteiger partial charge in [0.05, 0.1) is 5.41 Å². The van der Waals surface area contributed by atoms with Crippen molar-refractivity contribution in [3.8, 4) is 0 Å². The lowest BCUT2D eigenvalue weighted by Gasteiger charge is -2.39. The summed E-state index contributed by atoms with van der Waals surface area (Å²) in [6.45, 7) is 8.22. The minimum absolute atomic E-state index is 0.258. The topological polar surface area (TPSA) is 49.6 Å². The average Bonchev–Trinajstić information content (AvgIpc) is 2.33. The van der Waals surface area contributed by atoms with Gasteiger partial charge in [-0.25, -0.2) is 0 Å². The highest BCUT2D eigenvalue weighted by Gasteiger charge is 2.37. The molecule has 4 heteroatoms. The molecular weight excluding hydrogens is 202 g/mol. The summed E-state index contributed by atoms with van der Waals surface area (Å²) in [5.41, 5.74) is 5.48. The second-order valence-electron chi connectivity index (χ2n) is 4.79. The maximum atomic E-state index is 12.4. The zero-order valence-electron chi connectivity index (χ0n) is 10.8. The van der Waals surface area contributed by atoms with Crippen LogP contribution in [0.25, 0.3) is 0 Å². The molecule has 2 N–H and O–H groups in total. The van der Waals surface area contributed by atoms with Crippen molar-refractivity contribution in [1.29, 1.82) is 0 Å². The first-order chi connectivity index (χ1) is 7.59. The van der Waals surface area contributed by atoms with E-state index in [0.29, 0.717) is 6.54 Å². The molecule has 16 heavy (non-hydrogen) atoms. The number of rotatable bonds is 4. The predicted octanol–water partition coefficient (Wildman–Crippen LogP) is 0.526. The third-order valence-electron chi connectivity index (χ3n) is 3.99. The Balaban J connectivity index is 2.68. The Bertz CT molecular complexity index is 222. The average molecular weight is 227 g/mol. The van der Waals surface area contributed by atoms with E-state index in [1.807, 2.05) is 4.90 Å². The SMILES string of the molecule is CCC(CC)(CN)C(=O)N1CCN(C)CC1. The third kappa shape index (κ3) is 2.55. The zero-order valence-corrected chi connectivity index (χ0v) is 10.8. The Morgan fingerprint density at radius 3 is 2.06 bits per heavy atom. The number of piperazine rings is 1. The lowest BCUT2D eigenvalue weighted by Crippen LogP contribution is -2.54. The molecule has 1 heterocycles. The highest BCUT2D eigenvalue weighted by molar-refractivity contribution is 5.83. The van der Waals surface area contributed by atoms with Gasteiger partial charge in [-0.3, -0.25) is 4.79 Å². The summed E-state index contributed by atoms with van der Waals surface area (Å²) in [6, 6.07) is 0. The predicted molar refractivity (Wildman–Crippen MR) is 66.1 cm³/mol. The maximum absolute atomic E-state index is 12.4. The molecule has 94 valence electrons. The number of likely N-dealkylation sites (N-methyl/N-ethyl adjacent to an activating group) is 1. The highest BCUT2D eigenvalue weighted by Crippen LogP contribution is 2.28. The number of nitrogens with two attached hydrogens (primary N) is 1. The lowest BCUT2D eigenvalue weighted by atomic mass is 9.81. The Hall–Kier alpha value is -0.610. The summed E-state index contributed by atoms with van der Waals surface area (Å²) < 4.78 is 0. The quantitative estimate of drug-likeness (QED) is 0.762. The molecule has 4 nitrogen and oxygen atoms in total. The van der Waals surface area contributed by atoms with Crippen molar-refractivity contribution >= 4 is 5.91 Å². The summed E-state index contributed by atoms with van der Waals surface area (Å²) in [5.74, 6) is 0.258. The fraction of sp³-hybridized carbons (Fsp3) is 0.917. The first kappa shape index (κ1) is 13.5. The van der Waals surface area contributed by atoms with E-state index >= 15 is 0 Å². The fourth-order valence-electron chi connectivity index (χ4n) is 2.27. The van der Waals surface area contributed by atoms with E-state index in [0.717, 1.165) is 39.0 Å². The van der Waals surface area contributed by atoms with Gasteiger partial charge in [-0.2, -0.15) is 0 Å². The summed E-state index contributed by atoms with van der Waals surface area (Å²) >= 11 is 0. The molecule has 1 fully saturated rings. The Morgan fingerprint density at radius 2 is 1.69 bits per heavy atom. The molecule has 0 spiro atoms. The molecule has 0 bridgehead atoms. The normalized spacial score (nSPS) is 18.9. The van der Waals surface area contributed by atoms with Crippen LogP contribution in [0, 0.1) is 5.41 Å². The number of carbonyl (C=O) groups is 1. The van der Waals surface area contributed by atoms with Gasteiger partial charge in [0, 0.05) is 32.7 Å². The van der Waals surface area contributed by atoms with Crippen LogP contribution in [0.15, 0.2) is 0 Å². The van der Waals surface area contributed by atoms with Crippen molar-refractivity contribution < 1.29 is 4.79 Å². The second-order valence-corrected chi connectivity index (χ2v) is 4.79. The van der Waals surface area contributed by atoms with Crippen LogP contribution in [0.3, 0.4) is 0 Å². The number of hydrogen-bond acceptors (Lipinski definition) is 3. The van der Waals surface area contributed by atoms with Crippen LogP contribution in [0.5, 0.6) is 0 Å². The molecule has 0 aromatic carbocycles. The van der Waals surface area contributed by atoms with Crippen molar-refractivity contribution in [3.63, 3.8) is 0 Å². The molecule has 0 aromatic rings. The molecule has 0 aliphatic carbocycles. The van der Waals surface area contributed by atoms with Gasteiger partial charge in [0.2, 0.25) is 5.91 Å². The van der Waals surface area contributed by atoms with Gasteiger partial charge in [-0.05, 0) is 19.9 Å². The largest absolute Gasteiger partial charge is 0.340 e. The maximum Gasteiger partial charge on any atom is 0.230 e. The van der Waals surface area contributed by atoms with Crippen molar-refractivity contribution in [3.05, 3.63) is 0 Å². The zero-order chi connectivity index (χ0) is 12.2. The van der Waals surface area contributed by atoms with Crippen LogP contribution in [-0.2, 0) is 4.79 Å². The monoisotopic (exact) mass is 227 g/mol. The lowest BCUT2D eigenvalue weighted by molar-refractivity contribution is -0.143. The van der Waals surface area contributed by atoms with Gasteiger partial charge in [-0.15, -0.1) is 0 Å². The third-order valence-corrected chi connectivity index (χ3v) is 3.99. The molecule has 1 amide bonds. The first-order valence-corrected chi connectivity index (χ1v) is 6.27. The molecule has 1 aliphatic rings. The van der Waals surface area contributed by atoms with E-state index in [1.54, 1.807) is 0 Å². The molecule has 0 saturated carbocycles. The highest BCUT2D eigenvalue weighted by atomic mass is 16.2. The van der Waals surface area contributed by atoms with E-state index in [-0.39, 0.29) is 11.3 Å². The minimum atomic E-state index is -0.324. The van der Waals surface area contributed by atoms with Crippen molar-refractivity contribution in [1.82, 2.24) is 9.80 Å². The van der Waals surface area contributed by atoms with E-state index < -0.39 is 0 Å². The van der Waals surface area contributed by atoms with Crippen LogP contribution in [0.4, 0.5) is 0 Å². The van der Waals surface area contributed by atoms with Crippen LogP contribution in [0.2, 0.25) is 0 Å². The molecule has 0 radical (unpaired) electrons. The molecule has 0 unspecified atom stereocenters. The minimum Gasteiger partial charge on any atom is -0.340 e. The number of nitrogens with zero attached hydrogens (tertiary/aromatic N) is 2. The Morgan fingerprint density at radius 1 is 1.19 bits per heavy atom. The molecular formula is C12H25N3O.